The monoisotopic (exact) mass is 450 g/mol. The second kappa shape index (κ2) is 7.74. The Bertz CT molecular complexity index is 1370. The molecule has 3 aromatic carbocycles. The van der Waals surface area contributed by atoms with Crippen molar-refractivity contribution in [2.45, 2.75) is 37.8 Å². The van der Waals surface area contributed by atoms with Crippen molar-refractivity contribution in [1.82, 2.24) is 4.90 Å². The van der Waals surface area contributed by atoms with Gasteiger partial charge in [0.1, 0.15) is 11.4 Å². The molecule has 2 unspecified atom stereocenters. The van der Waals surface area contributed by atoms with Gasteiger partial charge in [-0.1, -0.05) is 48.0 Å². The van der Waals surface area contributed by atoms with Gasteiger partial charge >= 0.3 is 0 Å². The van der Waals surface area contributed by atoms with E-state index in [2.05, 4.69) is 37.3 Å². The summed E-state index contributed by atoms with van der Waals surface area (Å²) < 4.78 is 6.56. The average molecular weight is 451 g/mol. The molecule has 1 spiro atoms. The third kappa shape index (κ3) is 3.50. The summed E-state index contributed by atoms with van der Waals surface area (Å²) in [4.78, 5) is 19.8. The molecule has 0 radical (unpaired) electrons. The highest BCUT2D eigenvalue weighted by molar-refractivity contribution is 6.07. The van der Waals surface area contributed by atoms with Crippen LogP contribution in [0.3, 0.4) is 0 Å². The lowest BCUT2D eigenvalue weighted by molar-refractivity contribution is -0.133. The summed E-state index contributed by atoms with van der Waals surface area (Å²) in [5.74, 6) is 0.668. The van der Waals surface area contributed by atoms with Gasteiger partial charge in [0.05, 0.1) is 11.6 Å². The van der Waals surface area contributed by atoms with Gasteiger partial charge in [0.15, 0.2) is 11.5 Å². The molecule has 0 saturated heterocycles. The maximum Gasteiger partial charge on any atom is 0.261 e. The smallest absolute Gasteiger partial charge is 0.261 e. The zero-order chi connectivity index (χ0) is 24.1. The number of fused-ring (bicyclic) bond motifs is 2. The fourth-order valence-corrected chi connectivity index (χ4v) is 5.05. The number of ether oxygens (including phenoxy) is 1. The van der Waals surface area contributed by atoms with E-state index in [0.717, 1.165) is 16.7 Å². The molecule has 2 aliphatic heterocycles. The maximum absolute atomic E-state index is 13.6. The standard InChI is InChI=1S/C28H26N4O2/c1-18-7-9-19(10-8-18)15-27(2)17-28(25(33)32(3)26(30)31-28)23-14-22(11-12-24(23)34-27)21-6-4-5-20(13-21)16-29/h4-14H,15,17H2,1-3H3,(H2,30,31). The van der Waals surface area contributed by atoms with Crippen molar-refractivity contribution in [3.63, 3.8) is 0 Å². The normalized spacial score (nSPS) is 23.3. The number of guanidine groups is 1. The highest BCUT2D eigenvalue weighted by Gasteiger charge is 2.56. The Morgan fingerprint density at radius 2 is 1.85 bits per heavy atom. The molecule has 0 aliphatic carbocycles. The van der Waals surface area contributed by atoms with Crippen LogP contribution in [0.5, 0.6) is 5.75 Å². The lowest BCUT2D eigenvalue weighted by atomic mass is 9.74. The Balaban J connectivity index is 1.63. The summed E-state index contributed by atoms with van der Waals surface area (Å²) in [7, 11) is 1.66. The van der Waals surface area contributed by atoms with E-state index >= 15 is 0 Å². The lowest BCUT2D eigenvalue weighted by Crippen LogP contribution is -2.51. The number of benzene rings is 3. The number of nitrogens with zero attached hydrogens (tertiary/aromatic N) is 3. The van der Waals surface area contributed by atoms with Crippen LogP contribution in [0.4, 0.5) is 0 Å². The van der Waals surface area contributed by atoms with Crippen LogP contribution in [-0.4, -0.2) is 29.4 Å². The number of likely N-dealkylation sites (N-methyl/N-ethyl adjacent to an activating group) is 1. The zero-order valence-corrected chi connectivity index (χ0v) is 19.5. The number of nitrogens with two attached hydrogens (primary N) is 1. The first-order valence-electron chi connectivity index (χ1n) is 11.3. The largest absolute Gasteiger partial charge is 0.487 e. The number of rotatable bonds is 3. The number of aliphatic imine (C=N–C) groups is 1. The molecule has 6 nitrogen and oxygen atoms in total. The molecule has 170 valence electrons. The van der Waals surface area contributed by atoms with E-state index in [4.69, 9.17) is 15.5 Å². The number of amides is 1. The summed E-state index contributed by atoms with van der Waals surface area (Å²) in [6.07, 6.45) is 0.999. The molecule has 2 atom stereocenters. The number of carbonyl (C=O) groups excluding carboxylic acids is 1. The summed E-state index contributed by atoms with van der Waals surface area (Å²) in [5, 5.41) is 9.30. The Hall–Kier alpha value is -4.11. The van der Waals surface area contributed by atoms with E-state index in [-0.39, 0.29) is 11.9 Å². The SMILES string of the molecule is Cc1ccc(CC2(C)CC3(N=C(N)N(C)C3=O)c3cc(-c4cccc(C#N)c4)ccc3O2)cc1. The molecule has 2 aliphatic rings. The minimum atomic E-state index is -1.16. The Kier molecular flexibility index (Phi) is 4.94. The minimum absolute atomic E-state index is 0.160. The maximum atomic E-state index is 13.6. The first kappa shape index (κ1) is 21.7. The topological polar surface area (TPSA) is 91.7 Å². The third-order valence-electron chi connectivity index (χ3n) is 6.74. The van der Waals surface area contributed by atoms with E-state index in [1.807, 2.05) is 43.3 Å². The number of hydrogen-bond donors (Lipinski definition) is 1. The molecular formula is C28H26N4O2. The van der Waals surface area contributed by atoms with Gasteiger partial charge in [0.25, 0.3) is 5.91 Å². The average Bonchev–Trinajstić information content (AvgIpc) is 3.04. The van der Waals surface area contributed by atoms with E-state index < -0.39 is 11.1 Å². The molecule has 0 saturated carbocycles. The molecule has 0 fully saturated rings. The first-order valence-corrected chi connectivity index (χ1v) is 11.3. The van der Waals surface area contributed by atoms with E-state index in [0.29, 0.717) is 29.7 Å². The van der Waals surface area contributed by atoms with Crippen molar-refractivity contribution in [3.05, 3.63) is 89.0 Å². The second-order valence-corrected chi connectivity index (χ2v) is 9.49. The van der Waals surface area contributed by atoms with E-state index in [9.17, 15) is 10.1 Å². The van der Waals surface area contributed by atoms with Crippen LogP contribution < -0.4 is 10.5 Å². The molecule has 34 heavy (non-hydrogen) atoms. The lowest BCUT2D eigenvalue weighted by Gasteiger charge is -2.43. The van der Waals surface area contributed by atoms with E-state index in [1.165, 1.54) is 10.5 Å². The summed E-state index contributed by atoms with van der Waals surface area (Å²) in [6, 6.07) is 23.7. The van der Waals surface area contributed by atoms with Gasteiger partial charge < -0.3 is 10.5 Å². The highest BCUT2D eigenvalue weighted by Crippen LogP contribution is 2.50. The number of nitriles is 1. The van der Waals surface area contributed by atoms with Crippen LogP contribution in [0.25, 0.3) is 11.1 Å². The molecule has 0 aromatic heterocycles. The van der Waals surface area contributed by atoms with Gasteiger partial charge in [-0.05, 0) is 54.8 Å². The van der Waals surface area contributed by atoms with Crippen molar-refractivity contribution in [2.75, 3.05) is 7.05 Å². The van der Waals surface area contributed by atoms with Gasteiger partial charge in [-0.25, -0.2) is 4.99 Å². The van der Waals surface area contributed by atoms with Crippen LogP contribution in [0.1, 0.15) is 35.6 Å². The molecule has 3 aromatic rings. The Morgan fingerprint density at radius 3 is 2.53 bits per heavy atom. The predicted molar refractivity (Wildman–Crippen MR) is 131 cm³/mol. The highest BCUT2D eigenvalue weighted by atomic mass is 16.5. The van der Waals surface area contributed by atoms with Gasteiger partial charge in [-0.3, -0.25) is 9.69 Å². The fourth-order valence-electron chi connectivity index (χ4n) is 5.05. The second-order valence-electron chi connectivity index (χ2n) is 9.49. The molecule has 1 amide bonds. The number of aryl methyl sites for hydroxylation is 1. The number of hydrogen-bond acceptors (Lipinski definition) is 5. The molecule has 5 rings (SSSR count). The van der Waals surface area contributed by atoms with Crippen molar-refractivity contribution < 1.29 is 9.53 Å². The molecule has 2 heterocycles. The zero-order valence-electron chi connectivity index (χ0n) is 19.5. The van der Waals surface area contributed by atoms with Crippen LogP contribution in [0, 0.1) is 18.3 Å². The van der Waals surface area contributed by atoms with Crippen molar-refractivity contribution in [2.24, 2.45) is 10.7 Å². The number of carbonyl (C=O) groups is 1. The van der Waals surface area contributed by atoms with Gasteiger partial charge in [0.2, 0.25) is 0 Å². The van der Waals surface area contributed by atoms with Crippen molar-refractivity contribution in [3.8, 4) is 22.9 Å². The summed E-state index contributed by atoms with van der Waals surface area (Å²) in [6.45, 7) is 4.08. The van der Waals surface area contributed by atoms with Gasteiger partial charge in [0, 0.05) is 25.5 Å². The van der Waals surface area contributed by atoms with Crippen LogP contribution in [0.2, 0.25) is 0 Å². The predicted octanol–water partition coefficient (Wildman–Crippen LogP) is 4.30. The third-order valence-corrected chi connectivity index (χ3v) is 6.74. The molecule has 2 N–H and O–H groups in total. The van der Waals surface area contributed by atoms with Crippen LogP contribution >= 0.6 is 0 Å². The Morgan fingerprint density at radius 1 is 1.12 bits per heavy atom. The van der Waals surface area contributed by atoms with Crippen molar-refractivity contribution in [1.29, 1.82) is 5.26 Å². The van der Waals surface area contributed by atoms with Gasteiger partial charge in [-0.2, -0.15) is 5.26 Å². The van der Waals surface area contributed by atoms with Crippen LogP contribution in [0.15, 0.2) is 71.7 Å². The van der Waals surface area contributed by atoms with Gasteiger partial charge in [-0.15, -0.1) is 0 Å². The van der Waals surface area contributed by atoms with Crippen molar-refractivity contribution >= 4 is 11.9 Å². The van der Waals surface area contributed by atoms with Crippen LogP contribution in [-0.2, 0) is 16.8 Å². The molecular weight excluding hydrogens is 424 g/mol. The molecule has 6 heteroatoms. The van der Waals surface area contributed by atoms with E-state index in [1.54, 1.807) is 13.1 Å². The fraction of sp³-hybridized carbons (Fsp3) is 0.250. The summed E-state index contributed by atoms with van der Waals surface area (Å²) in [5.41, 5.74) is 9.71. The summed E-state index contributed by atoms with van der Waals surface area (Å²) >= 11 is 0. The molecule has 0 bridgehead atoms. The Labute approximate surface area is 199 Å². The quantitative estimate of drug-likeness (QED) is 0.644. The minimum Gasteiger partial charge on any atom is -0.487 e. The first-order chi connectivity index (χ1) is 16.2.